The van der Waals surface area contributed by atoms with Gasteiger partial charge in [-0.2, -0.15) is 0 Å². The topological polar surface area (TPSA) is 88.6 Å². The predicted octanol–water partition coefficient (Wildman–Crippen LogP) is 5.07. The molecule has 3 aromatic carbocycles. The Morgan fingerprint density at radius 2 is 1.74 bits per heavy atom. The van der Waals surface area contributed by atoms with Crippen molar-refractivity contribution in [3.8, 4) is 16.3 Å². The number of sulfonamides is 1. The molecule has 1 aromatic heterocycles. The summed E-state index contributed by atoms with van der Waals surface area (Å²) in [6, 6.07) is 19.1. The lowest BCUT2D eigenvalue weighted by Crippen LogP contribution is -2.45. The largest absolute Gasteiger partial charge is 0.497 e. The molecule has 176 valence electrons. The molecule has 1 amide bonds. The number of carbonyl (C=O) groups is 1. The van der Waals surface area contributed by atoms with Gasteiger partial charge in [-0.25, -0.2) is 13.4 Å². The van der Waals surface area contributed by atoms with E-state index in [2.05, 4.69) is 23.3 Å². The quantitative estimate of drug-likeness (QED) is 0.387. The number of thiazole rings is 1. The van der Waals surface area contributed by atoms with E-state index < -0.39 is 22.0 Å². The van der Waals surface area contributed by atoms with Crippen molar-refractivity contribution in [2.24, 2.45) is 0 Å². The van der Waals surface area contributed by atoms with Crippen molar-refractivity contribution >= 4 is 48.9 Å². The maximum absolute atomic E-state index is 12.9. The van der Waals surface area contributed by atoms with Crippen molar-refractivity contribution < 1.29 is 17.9 Å². The number of fused-ring (bicyclic) bond motifs is 1. The molecule has 1 N–H and O–H groups in total. The fourth-order valence-electron chi connectivity index (χ4n) is 3.64. The lowest BCUT2D eigenvalue weighted by Gasteiger charge is -2.28. The average molecular weight is 496 g/mol. The van der Waals surface area contributed by atoms with Crippen molar-refractivity contribution in [2.45, 2.75) is 19.9 Å². The Labute approximate surface area is 203 Å². The van der Waals surface area contributed by atoms with Crippen molar-refractivity contribution in [1.29, 1.82) is 0 Å². The van der Waals surface area contributed by atoms with Gasteiger partial charge < -0.3 is 10.1 Å². The van der Waals surface area contributed by atoms with Crippen LogP contribution in [0.25, 0.3) is 20.8 Å². The van der Waals surface area contributed by atoms with E-state index in [4.69, 9.17) is 4.74 Å². The number of nitrogens with zero attached hydrogens (tertiary/aromatic N) is 2. The van der Waals surface area contributed by atoms with Gasteiger partial charge in [0, 0.05) is 11.3 Å². The summed E-state index contributed by atoms with van der Waals surface area (Å²) in [5, 5.41) is 3.71. The van der Waals surface area contributed by atoms with Crippen LogP contribution in [0.1, 0.15) is 12.5 Å². The normalized spacial score (nSPS) is 12.4. The van der Waals surface area contributed by atoms with Crippen molar-refractivity contribution in [1.82, 2.24) is 4.98 Å². The van der Waals surface area contributed by atoms with Crippen molar-refractivity contribution in [3.05, 3.63) is 72.3 Å². The minimum Gasteiger partial charge on any atom is -0.497 e. The number of methoxy groups -OCH3 is 1. The van der Waals surface area contributed by atoms with Crippen LogP contribution in [0.4, 0.5) is 11.4 Å². The molecule has 4 aromatic rings. The van der Waals surface area contributed by atoms with Crippen LogP contribution >= 0.6 is 11.3 Å². The second-order valence-electron chi connectivity index (χ2n) is 7.99. The molecule has 0 radical (unpaired) electrons. The Morgan fingerprint density at radius 1 is 1.06 bits per heavy atom. The molecule has 1 heterocycles. The van der Waals surface area contributed by atoms with Crippen LogP contribution in [0.5, 0.6) is 5.75 Å². The number of carbonyl (C=O) groups excluding carboxylic acids is 1. The summed E-state index contributed by atoms with van der Waals surface area (Å²) in [5.74, 6) is 0.155. The molecular formula is C25H25N3O4S2. The summed E-state index contributed by atoms with van der Waals surface area (Å²) >= 11 is 1.62. The lowest BCUT2D eigenvalue weighted by molar-refractivity contribution is -0.116. The highest BCUT2D eigenvalue weighted by Gasteiger charge is 2.29. The first kappa shape index (κ1) is 23.7. The molecule has 0 bridgehead atoms. The zero-order valence-electron chi connectivity index (χ0n) is 19.3. The maximum atomic E-state index is 12.9. The number of aryl methyl sites for hydroxylation is 1. The number of nitrogens with one attached hydrogen (secondary N) is 1. The molecule has 0 aliphatic rings. The van der Waals surface area contributed by atoms with Gasteiger partial charge in [-0.1, -0.05) is 6.07 Å². The van der Waals surface area contributed by atoms with Crippen molar-refractivity contribution in [3.63, 3.8) is 0 Å². The van der Waals surface area contributed by atoms with Crippen molar-refractivity contribution in [2.75, 3.05) is 23.0 Å². The monoisotopic (exact) mass is 495 g/mol. The highest BCUT2D eigenvalue weighted by Crippen LogP contribution is 2.31. The van der Waals surface area contributed by atoms with Gasteiger partial charge >= 0.3 is 0 Å². The molecule has 34 heavy (non-hydrogen) atoms. The van der Waals surface area contributed by atoms with Gasteiger partial charge in [-0.3, -0.25) is 9.10 Å². The molecule has 0 saturated carbocycles. The number of ether oxygens (including phenoxy) is 1. The highest BCUT2D eigenvalue weighted by atomic mass is 32.2. The second-order valence-corrected chi connectivity index (χ2v) is 10.9. The van der Waals surface area contributed by atoms with Crippen LogP contribution in [0.15, 0.2) is 66.7 Å². The fourth-order valence-corrected chi connectivity index (χ4v) is 5.88. The molecule has 1 atom stereocenters. The maximum Gasteiger partial charge on any atom is 0.247 e. The van der Waals surface area contributed by atoms with Crippen LogP contribution in [0, 0.1) is 6.92 Å². The molecule has 0 aliphatic carbocycles. The molecule has 0 saturated heterocycles. The van der Waals surface area contributed by atoms with Gasteiger partial charge in [0.25, 0.3) is 0 Å². The third kappa shape index (κ3) is 5.05. The second kappa shape index (κ2) is 9.44. The molecule has 0 unspecified atom stereocenters. The summed E-state index contributed by atoms with van der Waals surface area (Å²) in [6.07, 6.45) is 1.08. The van der Waals surface area contributed by atoms with Gasteiger partial charge in [-0.05, 0) is 80.1 Å². The van der Waals surface area contributed by atoms with Crippen LogP contribution in [-0.4, -0.2) is 38.7 Å². The van der Waals surface area contributed by atoms with E-state index in [0.717, 1.165) is 31.3 Å². The first-order valence-corrected chi connectivity index (χ1v) is 13.2. The van der Waals surface area contributed by atoms with E-state index in [1.807, 2.05) is 24.3 Å². The predicted molar refractivity (Wildman–Crippen MR) is 138 cm³/mol. The summed E-state index contributed by atoms with van der Waals surface area (Å²) in [6.45, 7) is 3.61. The third-order valence-electron chi connectivity index (χ3n) is 5.36. The highest BCUT2D eigenvalue weighted by molar-refractivity contribution is 7.92. The number of benzene rings is 3. The minimum absolute atomic E-state index is 0.382. The van der Waals surface area contributed by atoms with E-state index in [0.29, 0.717) is 17.1 Å². The average Bonchev–Trinajstić information content (AvgIpc) is 3.22. The van der Waals surface area contributed by atoms with Gasteiger partial charge in [0.05, 0.1) is 29.3 Å². The molecule has 9 heteroatoms. The number of hydrogen-bond acceptors (Lipinski definition) is 6. The molecule has 0 fully saturated rings. The van der Waals surface area contributed by atoms with E-state index in [9.17, 15) is 13.2 Å². The van der Waals surface area contributed by atoms with Crippen LogP contribution < -0.4 is 14.4 Å². The molecule has 7 nitrogen and oxygen atoms in total. The Hall–Kier alpha value is -3.43. The lowest BCUT2D eigenvalue weighted by atomic mass is 10.2. The summed E-state index contributed by atoms with van der Waals surface area (Å²) < 4.78 is 32.3. The molecule has 4 rings (SSSR count). The fraction of sp³-hybridized carbons (Fsp3) is 0.200. The van der Waals surface area contributed by atoms with E-state index in [1.165, 1.54) is 12.7 Å². The Bertz CT molecular complexity index is 1430. The SMILES string of the molecule is COc1ccc(N([C@H](C)C(=O)Nc2ccc(-c3nc4ccc(C)cc4s3)cc2)S(C)(=O)=O)cc1. The zero-order chi connectivity index (χ0) is 24.5. The zero-order valence-corrected chi connectivity index (χ0v) is 20.9. The number of anilines is 2. The van der Waals surface area contributed by atoms with E-state index in [1.54, 1.807) is 54.7 Å². The smallest absolute Gasteiger partial charge is 0.247 e. The van der Waals surface area contributed by atoms with Crippen LogP contribution in [-0.2, 0) is 14.8 Å². The molecule has 0 spiro atoms. The number of hydrogen-bond donors (Lipinski definition) is 1. The van der Waals surface area contributed by atoms with E-state index in [-0.39, 0.29) is 0 Å². The Morgan fingerprint density at radius 3 is 2.35 bits per heavy atom. The summed E-state index contributed by atoms with van der Waals surface area (Å²) in [5.41, 5.74) is 4.04. The molecule has 0 aliphatic heterocycles. The van der Waals surface area contributed by atoms with Crippen LogP contribution in [0.2, 0.25) is 0 Å². The third-order valence-corrected chi connectivity index (χ3v) is 7.67. The van der Waals surface area contributed by atoms with Gasteiger partial charge in [0.1, 0.15) is 16.8 Å². The number of aromatic nitrogens is 1. The van der Waals surface area contributed by atoms with Crippen LogP contribution in [0.3, 0.4) is 0 Å². The Balaban J connectivity index is 1.52. The summed E-state index contributed by atoms with van der Waals surface area (Å²) in [4.78, 5) is 17.6. The number of amides is 1. The molecular weight excluding hydrogens is 470 g/mol. The Kier molecular flexibility index (Phi) is 6.58. The number of rotatable bonds is 7. The summed E-state index contributed by atoms with van der Waals surface area (Å²) in [7, 11) is -2.18. The van der Waals surface area contributed by atoms with Gasteiger partial charge in [0.2, 0.25) is 15.9 Å². The first-order chi connectivity index (χ1) is 16.2. The minimum atomic E-state index is -3.71. The van der Waals surface area contributed by atoms with Gasteiger partial charge in [-0.15, -0.1) is 11.3 Å². The van der Waals surface area contributed by atoms with Gasteiger partial charge in [0.15, 0.2) is 0 Å². The van der Waals surface area contributed by atoms with E-state index >= 15 is 0 Å². The first-order valence-electron chi connectivity index (χ1n) is 10.6. The standard InChI is InChI=1S/C25H25N3O4S2/c1-16-5-14-22-23(15-16)33-25(27-22)18-6-8-19(9-7-18)26-24(29)17(2)28(34(4,30)31)20-10-12-21(32-3)13-11-20/h5-15,17H,1-4H3,(H,26,29)/t17-/m1/s1.